The van der Waals surface area contributed by atoms with E-state index in [1.807, 2.05) is 18.2 Å². The van der Waals surface area contributed by atoms with Crippen LogP contribution in [0.3, 0.4) is 0 Å². The molecule has 0 spiro atoms. The van der Waals surface area contributed by atoms with Crippen molar-refractivity contribution >= 4 is 5.97 Å². The number of aliphatic carboxylic acids is 1. The van der Waals surface area contributed by atoms with Crippen molar-refractivity contribution in [1.29, 1.82) is 0 Å². The van der Waals surface area contributed by atoms with Gasteiger partial charge in [-0.25, -0.2) is 0 Å². The van der Waals surface area contributed by atoms with E-state index in [0.29, 0.717) is 6.61 Å². The van der Waals surface area contributed by atoms with Crippen LogP contribution in [0.5, 0.6) is 0 Å². The van der Waals surface area contributed by atoms with E-state index in [1.165, 1.54) is 5.56 Å². The summed E-state index contributed by atoms with van der Waals surface area (Å²) >= 11 is 0. The number of carboxylic acid groups (broad SMARTS) is 1. The highest BCUT2D eigenvalue weighted by Gasteiger charge is 2.52. The second kappa shape index (κ2) is 4.34. The van der Waals surface area contributed by atoms with E-state index in [-0.39, 0.29) is 5.41 Å². The van der Waals surface area contributed by atoms with Crippen molar-refractivity contribution in [2.75, 3.05) is 13.7 Å². The maximum atomic E-state index is 11.7. The molecule has 0 aromatic heterocycles. The Balaban J connectivity index is 2.05. The lowest BCUT2D eigenvalue weighted by atomic mass is 9.62. The van der Waals surface area contributed by atoms with Crippen LogP contribution in [0.25, 0.3) is 0 Å². The third kappa shape index (κ3) is 1.79. The Bertz CT molecular complexity index is 498. The van der Waals surface area contributed by atoms with Crippen molar-refractivity contribution in [2.24, 2.45) is 0 Å². The number of carboxylic acids is 1. The van der Waals surface area contributed by atoms with Crippen LogP contribution >= 0.6 is 0 Å². The van der Waals surface area contributed by atoms with Crippen LogP contribution in [0, 0.1) is 0 Å². The van der Waals surface area contributed by atoms with Gasteiger partial charge >= 0.3 is 5.97 Å². The molecule has 19 heavy (non-hydrogen) atoms. The lowest BCUT2D eigenvalue weighted by molar-refractivity contribution is -0.147. The van der Waals surface area contributed by atoms with Crippen molar-refractivity contribution in [2.45, 2.75) is 42.9 Å². The number of rotatable bonds is 5. The summed E-state index contributed by atoms with van der Waals surface area (Å²) in [6.07, 6.45) is 4.75. The summed E-state index contributed by atoms with van der Waals surface area (Å²) in [6.45, 7) is 0.694. The van der Waals surface area contributed by atoms with Gasteiger partial charge < -0.3 is 9.84 Å². The molecule has 3 heteroatoms. The fraction of sp³-hybridized carbons (Fsp3) is 0.562. The highest BCUT2D eigenvalue weighted by Crippen LogP contribution is 2.54. The van der Waals surface area contributed by atoms with Crippen molar-refractivity contribution in [3.63, 3.8) is 0 Å². The fourth-order valence-electron chi connectivity index (χ4n) is 3.41. The molecule has 3 rings (SSSR count). The SMILES string of the molecule is COCC1(c2ccccc2C2(C(=O)O)CCC2)CC1. The van der Waals surface area contributed by atoms with Gasteiger partial charge in [0, 0.05) is 12.5 Å². The van der Waals surface area contributed by atoms with E-state index in [2.05, 4.69) is 6.07 Å². The molecule has 0 atom stereocenters. The molecule has 1 N–H and O–H groups in total. The van der Waals surface area contributed by atoms with Crippen LogP contribution in [-0.4, -0.2) is 24.8 Å². The molecular formula is C16H20O3. The molecule has 0 aliphatic heterocycles. The van der Waals surface area contributed by atoms with Gasteiger partial charge in [-0.2, -0.15) is 0 Å². The first kappa shape index (κ1) is 12.7. The summed E-state index contributed by atoms with van der Waals surface area (Å²) in [4.78, 5) is 11.7. The molecule has 0 radical (unpaired) electrons. The van der Waals surface area contributed by atoms with Gasteiger partial charge in [0.2, 0.25) is 0 Å². The Morgan fingerprint density at radius 3 is 2.26 bits per heavy atom. The highest BCUT2D eigenvalue weighted by molar-refractivity contribution is 5.83. The average molecular weight is 260 g/mol. The molecule has 1 aromatic rings. The van der Waals surface area contributed by atoms with Crippen LogP contribution in [0.2, 0.25) is 0 Å². The van der Waals surface area contributed by atoms with E-state index in [4.69, 9.17) is 4.74 Å². The minimum atomic E-state index is -0.667. The van der Waals surface area contributed by atoms with E-state index in [9.17, 15) is 9.90 Å². The first-order valence-corrected chi connectivity index (χ1v) is 6.97. The first-order valence-electron chi connectivity index (χ1n) is 6.97. The zero-order valence-electron chi connectivity index (χ0n) is 11.3. The highest BCUT2D eigenvalue weighted by atomic mass is 16.5. The van der Waals surface area contributed by atoms with Gasteiger partial charge in [-0.3, -0.25) is 4.79 Å². The van der Waals surface area contributed by atoms with Crippen LogP contribution in [0.1, 0.15) is 43.2 Å². The molecule has 0 amide bonds. The lowest BCUT2D eigenvalue weighted by Gasteiger charge is -2.40. The molecular weight excluding hydrogens is 240 g/mol. The normalized spacial score (nSPS) is 22.6. The standard InChI is InChI=1S/C16H20O3/c1-19-11-15(9-10-15)12-5-2-3-6-13(12)16(14(17)18)7-4-8-16/h2-3,5-6H,4,7-11H2,1H3,(H,17,18). The Morgan fingerprint density at radius 1 is 1.21 bits per heavy atom. The summed E-state index contributed by atoms with van der Waals surface area (Å²) in [5.41, 5.74) is 1.67. The van der Waals surface area contributed by atoms with Crippen molar-refractivity contribution in [1.82, 2.24) is 0 Å². The smallest absolute Gasteiger partial charge is 0.314 e. The largest absolute Gasteiger partial charge is 0.481 e. The number of ether oxygens (including phenoxy) is 1. The number of carbonyl (C=O) groups is 1. The predicted octanol–water partition coefficient (Wildman–Crippen LogP) is 2.87. The maximum absolute atomic E-state index is 11.7. The van der Waals surface area contributed by atoms with Crippen LogP contribution < -0.4 is 0 Å². The van der Waals surface area contributed by atoms with E-state index < -0.39 is 11.4 Å². The zero-order valence-corrected chi connectivity index (χ0v) is 11.3. The molecule has 0 unspecified atom stereocenters. The van der Waals surface area contributed by atoms with Crippen LogP contribution in [0.15, 0.2) is 24.3 Å². The van der Waals surface area contributed by atoms with Gasteiger partial charge in [-0.05, 0) is 36.8 Å². The first-order chi connectivity index (χ1) is 9.15. The molecule has 0 saturated heterocycles. The summed E-state index contributed by atoms with van der Waals surface area (Å²) in [6, 6.07) is 8.09. The third-order valence-electron chi connectivity index (χ3n) is 4.90. The summed E-state index contributed by atoms with van der Waals surface area (Å²) in [5, 5.41) is 9.65. The van der Waals surface area contributed by atoms with Gasteiger partial charge in [-0.1, -0.05) is 30.7 Å². The van der Waals surface area contributed by atoms with Crippen molar-refractivity contribution in [3.05, 3.63) is 35.4 Å². The lowest BCUT2D eigenvalue weighted by Crippen LogP contribution is -2.43. The minimum Gasteiger partial charge on any atom is -0.481 e. The zero-order chi connectivity index (χ0) is 13.5. The molecule has 2 saturated carbocycles. The second-order valence-electron chi connectivity index (χ2n) is 6.00. The molecule has 1 aromatic carbocycles. The van der Waals surface area contributed by atoms with Gasteiger partial charge in [-0.15, -0.1) is 0 Å². The molecule has 0 bridgehead atoms. The van der Waals surface area contributed by atoms with E-state index in [1.54, 1.807) is 7.11 Å². The minimum absolute atomic E-state index is 0.0728. The van der Waals surface area contributed by atoms with Gasteiger partial charge in [0.15, 0.2) is 0 Å². The van der Waals surface area contributed by atoms with Crippen LogP contribution in [-0.2, 0) is 20.4 Å². The Hall–Kier alpha value is -1.35. The molecule has 3 nitrogen and oxygen atoms in total. The third-order valence-corrected chi connectivity index (χ3v) is 4.90. The summed E-state index contributed by atoms with van der Waals surface area (Å²) in [5.74, 6) is -0.667. The maximum Gasteiger partial charge on any atom is 0.314 e. The van der Waals surface area contributed by atoms with Gasteiger partial charge in [0.05, 0.1) is 12.0 Å². The summed E-state index contributed by atoms with van der Waals surface area (Å²) in [7, 11) is 1.72. The molecule has 102 valence electrons. The van der Waals surface area contributed by atoms with Gasteiger partial charge in [0.25, 0.3) is 0 Å². The number of benzene rings is 1. The molecule has 0 heterocycles. The van der Waals surface area contributed by atoms with Crippen molar-refractivity contribution in [3.8, 4) is 0 Å². The van der Waals surface area contributed by atoms with Gasteiger partial charge in [0.1, 0.15) is 0 Å². The predicted molar refractivity (Wildman–Crippen MR) is 72.4 cm³/mol. The Morgan fingerprint density at radius 2 is 1.84 bits per heavy atom. The molecule has 2 aliphatic rings. The molecule has 2 aliphatic carbocycles. The topological polar surface area (TPSA) is 46.5 Å². The summed E-state index contributed by atoms with van der Waals surface area (Å²) < 4.78 is 5.36. The fourth-order valence-corrected chi connectivity index (χ4v) is 3.41. The van der Waals surface area contributed by atoms with Crippen molar-refractivity contribution < 1.29 is 14.6 Å². The van der Waals surface area contributed by atoms with E-state index >= 15 is 0 Å². The van der Waals surface area contributed by atoms with Crippen LogP contribution in [0.4, 0.5) is 0 Å². The quantitative estimate of drug-likeness (QED) is 0.885. The number of hydrogen-bond acceptors (Lipinski definition) is 2. The number of hydrogen-bond donors (Lipinski definition) is 1. The average Bonchev–Trinajstić information content (AvgIpc) is 3.09. The number of methoxy groups -OCH3 is 1. The Labute approximate surface area is 113 Å². The Kier molecular flexibility index (Phi) is 2.90. The monoisotopic (exact) mass is 260 g/mol. The molecule has 2 fully saturated rings. The second-order valence-corrected chi connectivity index (χ2v) is 6.00. The van der Waals surface area contributed by atoms with E-state index in [0.717, 1.165) is 37.7 Å².